The minimum atomic E-state index is -3.95. The van der Waals surface area contributed by atoms with E-state index in [1.807, 2.05) is 6.92 Å². The van der Waals surface area contributed by atoms with Gasteiger partial charge in [-0.25, -0.2) is 12.8 Å². The zero-order chi connectivity index (χ0) is 14.8. The first kappa shape index (κ1) is 14.5. The second kappa shape index (κ2) is 5.60. The summed E-state index contributed by atoms with van der Waals surface area (Å²) < 4.78 is 40.4. The Balaban J connectivity index is 2.33. The van der Waals surface area contributed by atoms with Crippen LogP contribution in [0, 0.1) is 12.7 Å². The Morgan fingerprint density at radius 1 is 1.15 bits per heavy atom. The summed E-state index contributed by atoms with van der Waals surface area (Å²) in [5.41, 5.74) is 7.32. The van der Waals surface area contributed by atoms with Gasteiger partial charge < -0.3 is 5.73 Å². The SMILES string of the molecule is Cc1ccc(NS(=O)(=O)c2ccc(CN)cc2F)cc1. The maximum Gasteiger partial charge on any atom is 0.264 e. The van der Waals surface area contributed by atoms with E-state index in [9.17, 15) is 12.8 Å². The zero-order valence-corrected chi connectivity index (χ0v) is 11.7. The van der Waals surface area contributed by atoms with E-state index in [1.54, 1.807) is 24.3 Å². The van der Waals surface area contributed by atoms with Crippen molar-refractivity contribution in [2.45, 2.75) is 18.4 Å². The molecule has 0 aliphatic rings. The summed E-state index contributed by atoms with van der Waals surface area (Å²) in [4.78, 5) is -0.393. The summed E-state index contributed by atoms with van der Waals surface area (Å²) in [6.07, 6.45) is 0. The second-order valence-electron chi connectivity index (χ2n) is 4.44. The lowest BCUT2D eigenvalue weighted by Crippen LogP contribution is -2.15. The Morgan fingerprint density at radius 3 is 2.35 bits per heavy atom. The first-order valence-corrected chi connectivity index (χ1v) is 7.48. The molecule has 3 N–H and O–H groups in total. The normalized spacial score (nSPS) is 11.3. The highest BCUT2D eigenvalue weighted by molar-refractivity contribution is 7.92. The van der Waals surface area contributed by atoms with Crippen molar-refractivity contribution in [1.82, 2.24) is 0 Å². The highest BCUT2D eigenvalue weighted by Crippen LogP contribution is 2.20. The van der Waals surface area contributed by atoms with Crippen LogP contribution in [0.25, 0.3) is 0 Å². The van der Waals surface area contributed by atoms with Gasteiger partial charge in [-0.1, -0.05) is 23.8 Å². The molecule has 0 unspecified atom stereocenters. The van der Waals surface area contributed by atoms with Gasteiger partial charge in [0.1, 0.15) is 10.7 Å². The number of nitrogens with one attached hydrogen (secondary N) is 1. The minimum absolute atomic E-state index is 0.155. The number of rotatable bonds is 4. The molecule has 6 heteroatoms. The molecule has 2 aromatic rings. The number of halogens is 1. The van der Waals surface area contributed by atoms with Crippen LogP contribution >= 0.6 is 0 Å². The van der Waals surface area contributed by atoms with Crippen molar-refractivity contribution in [2.24, 2.45) is 5.73 Å². The maximum atomic E-state index is 13.8. The molecule has 0 aliphatic carbocycles. The van der Waals surface area contributed by atoms with Crippen molar-refractivity contribution in [2.75, 3.05) is 4.72 Å². The monoisotopic (exact) mass is 294 g/mol. The molecular formula is C14H15FN2O2S. The molecule has 20 heavy (non-hydrogen) atoms. The fourth-order valence-electron chi connectivity index (χ4n) is 1.72. The van der Waals surface area contributed by atoms with Gasteiger partial charge in [-0.15, -0.1) is 0 Å². The summed E-state index contributed by atoms with van der Waals surface area (Å²) >= 11 is 0. The molecule has 2 rings (SSSR count). The average molecular weight is 294 g/mol. The second-order valence-corrected chi connectivity index (χ2v) is 6.09. The standard InChI is InChI=1S/C14H15FN2O2S/c1-10-2-5-12(6-3-10)17-20(18,19)14-7-4-11(9-16)8-13(14)15/h2-8,17H,9,16H2,1H3. The van der Waals surface area contributed by atoms with Gasteiger partial charge in [-0.05, 0) is 36.8 Å². The van der Waals surface area contributed by atoms with Crippen molar-refractivity contribution in [3.8, 4) is 0 Å². The first-order valence-electron chi connectivity index (χ1n) is 6.00. The lowest BCUT2D eigenvalue weighted by Gasteiger charge is -2.10. The third kappa shape index (κ3) is 3.15. The van der Waals surface area contributed by atoms with Gasteiger partial charge in [0.15, 0.2) is 0 Å². The lowest BCUT2D eigenvalue weighted by atomic mass is 10.2. The van der Waals surface area contributed by atoms with Crippen LogP contribution in [0.3, 0.4) is 0 Å². The van der Waals surface area contributed by atoms with Gasteiger partial charge in [0.25, 0.3) is 10.0 Å². The number of aryl methyl sites for hydroxylation is 1. The molecule has 0 aliphatic heterocycles. The Hall–Kier alpha value is -1.92. The molecule has 0 atom stereocenters. The lowest BCUT2D eigenvalue weighted by molar-refractivity contribution is 0.569. The first-order chi connectivity index (χ1) is 9.42. The number of nitrogens with two attached hydrogens (primary N) is 1. The summed E-state index contributed by atoms with van der Waals surface area (Å²) in [6, 6.07) is 10.6. The molecule has 0 aromatic heterocycles. The summed E-state index contributed by atoms with van der Waals surface area (Å²) in [5, 5.41) is 0. The van der Waals surface area contributed by atoms with Crippen LogP contribution in [-0.2, 0) is 16.6 Å². The maximum absolute atomic E-state index is 13.8. The largest absolute Gasteiger partial charge is 0.326 e. The van der Waals surface area contributed by atoms with Gasteiger partial charge in [0.2, 0.25) is 0 Å². The predicted molar refractivity (Wildman–Crippen MR) is 76.3 cm³/mol. The number of benzene rings is 2. The molecule has 0 bridgehead atoms. The average Bonchev–Trinajstić information content (AvgIpc) is 2.40. The molecule has 0 saturated heterocycles. The van der Waals surface area contributed by atoms with Crippen molar-refractivity contribution < 1.29 is 12.8 Å². The van der Waals surface area contributed by atoms with Crippen LogP contribution < -0.4 is 10.5 Å². The van der Waals surface area contributed by atoms with Gasteiger partial charge in [-0.3, -0.25) is 4.72 Å². The van der Waals surface area contributed by atoms with E-state index in [2.05, 4.69) is 4.72 Å². The molecule has 0 amide bonds. The fourth-order valence-corrected chi connectivity index (χ4v) is 2.84. The quantitative estimate of drug-likeness (QED) is 0.909. The Kier molecular flexibility index (Phi) is 4.06. The molecule has 0 fully saturated rings. The van der Waals surface area contributed by atoms with Crippen LogP contribution in [-0.4, -0.2) is 8.42 Å². The zero-order valence-electron chi connectivity index (χ0n) is 10.9. The molecular weight excluding hydrogens is 279 g/mol. The Bertz CT molecular complexity index is 712. The van der Waals surface area contributed by atoms with Crippen LogP contribution in [0.1, 0.15) is 11.1 Å². The minimum Gasteiger partial charge on any atom is -0.326 e. The fraction of sp³-hybridized carbons (Fsp3) is 0.143. The van der Waals surface area contributed by atoms with E-state index in [0.717, 1.165) is 11.6 Å². The Morgan fingerprint density at radius 2 is 1.80 bits per heavy atom. The summed E-state index contributed by atoms with van der Waals surface area (Å²) in [5.74, 6) is -0.812. The van der Waals surface area contributed by atoms with Crippen molar-refractivity contribution >= 4 is 15.7 Å². The number of hydrogen-bond donors (Lipinski definition) is 2. The van der Waals surface area contributed by atoms with Gasteiger partial charge >= 0.3 is 0 Å². The van der Waals surface area contributed by atoms with Crippen molar-refractivity contribution in [1.29, 1.82) is 0 Å². The van der Waals surface area contributed by atoms with Crippen LogP contribution in [0.2, 0.25) is 0 Å². The molecule has 106 valence electrons. The molecule has 4 nitrogen and oxygen atoms in total. The molecule has 0 radical (unpaired) electrons. The van der Waals surface area contributed by atoms with E-state index in [-0.39, 0.29) is 6.54 Å². The predicted octanol–water partition coefficient (Wildman–Crippen LogP) is 2.39. The third-order valence-electron chi connectivity index (χ3n) is 2.83. The highest BCUT2D eigenvalue weighted by Gasteiger charge is 2.19. The van der Waals surface area contributed by atoms with E-state index in [1.165, 1.54) is 12.1 Å². The van der Waals surface area contributed by atoms with E-state index in [0.29, 0.717) is 11.3 Å². The van der Waals surface area contributed by atoms with Crippen LogP contribution in [0.4, 0.5) is 10.1 Å². The van der Waals surface area contributed by atoms with Gasteiger partial charge in [0, 0.05) is 12.2 Å². The van der Waals surface area contributed by atoms with Crippen LogP contribution in [0.5, 0.6) is 0 Å². The number of anilines is 1. The molecule has 2 aromatic carbocycles. The Labute approximate surface area is 117 Å². The number of sulfonamides is 1. The topological polar surface area (TPSA) is 72.2 Å². The number of hydrogen-bond acceptors (Lipinski definition) is 3. The molecule has 0 saturated carbocycles. The van der Waals surface area contributed by atoms with Gasteiger partial charge in [0.05, 0.1) is 0 Å². The van der Waals surface area contributed by atoms with E-state index < -0.39 is 20.7 Å². The highest BCUT2D eigenvalue weighted by atomic mass is 32.2. The van der Waals surface area contributed by atoms with Crippen molar-refractivity contribution in [3.63, 3.8) is 0 Å². The smallest absolute Gasteiger partial charge is 0.264 e. The van der Waals surface area contributed by atoms with E-state index in [4.69, 9.17) is 5.73 Å². The third-order valence-corrected chi connectivity index (χ3v) is 4.24. The van der Waals surface area contributed by atoms with Crippen molar-refractivity contribution in [3.05, 3.63) is 59.4 Å². The van der Waals surface area contributed by atoms with Gasteiger partial charge in [-0.2, -0.15) is 0 Å². The summed E-state index contributed by atoms with van der Waals surface area (Å²) in [7, 11) is -3.95. The molecule has 0 spiro atoms. The molecule has 0 heterocycles. The summed E-state index contributed by atoms with van der Waals surface area (Å²) in [6.45, 7) is 2.05. The van der Waals surface area contributed by atoms with E-state index >= 15 is 0 Å². The van der Waals surface area contributed by atoms with Crippen LogP contribution in [0.15, 0.2) is 47.4 Å².